The Balaban J connectivity index is 1.47. The molecule has 30 heavy (non-hydrogen) atoms. The molecule has 1 aromatic carbocycles. The van der Waals surface area contributed by atoms with Gasteiger partial charge in [-0.3, -0.25) is 9.69 Å². The minimum atomic E-state index is -0.565. The lowest BCUT2D eigenvalue weighted by atomic mass is 10.1. The van der Waals surface area contributed by atoms with Crippen molar-refractivity contribution in [1.29, 1.82) is 0 Å². The number of carbonyl (C=O) groups is 2. The molecule has 2 saturated heterocycles. The SMILES string of the molecule is CC(=O)NCC1CN(c2ccc(-c3cnc(N4CCSCC4)nc3)c(F)c2)C(=O)O1. The van der Waals surface area contributed by atoms with Crippen molar-refractivity contribution in [3.05, 3.63) is 36.4 Å². The molecule has 10 heteroatoms. The molecule has 1 atom stereocenters. The number of nitrogens with one attached hydrogen (secondary N) is 1. The van der Waals surface area contributed by atoms with Gasteiger partial charge in [0.15, 0.2) is 0 Å². The minimum absolute atomic E-state index is 0.202. The molecule has 2 amide bonds. The number of anilines is 2. The zero-order valence-electron chi connectivity index (χ0n) is 16.5. The molecule has 0 saturated carbocycles. The van der Waals surface area contributed by atoms with Gasteiger partial charge < -0.3 is 15.0 Å². The molecule has 1 aromatic heterocycles. The molecule has 4 rings (SSSR count). The number of cyclic esters (lactones) is 1. The van der Waals surface area contributed by atoms with E-state index in [1.54, 1.807) is 24.5 Å². The van der Waals surface area contributed by atoms with Crippen LogP contribution in [0, 0.1) is 5.82 Å². The van der Waals surface area contributed by atoms with Crippen molar-refractivity contribution < 1.29 is 18.7 Å². The van der Waals surface area contributed by atoms with Gasteiger partial charge in [0.05, 0.1) is 18.8 Å². The van der Waals surface area contributed by atoms with Crippen LogP contribution in [-0.2, 0) is 9.53 Å². The molecule has 2 aromatic rings. The molecule has 0 spiro atoms. The second-order valence-electron chi connectivity index (χ2n) is 7.09. The van der Waals surface area contributed by atoms with E-state index in [2.05, 4.69) is 20.2 Å². The van der Waals surface area contributed by atoms with Crippen LogP contribution in [0.1, 0.15) is 6.92 Å². The van der Waals surface area contributed by atoms with Crippen LogP contribution in [0.25, 0.3) is 11.1 Å². The molecular weight excluding hydrogens is 409 g/mol. The van der Waals surface area contributed by atoms with Gasteiger partial charge in [-0.05, 0) is 18.2 Å². The summed E-state index contributed by atoms with van der Waals surface area (Å²) >= 11 is 1.91. The molecule has 8 nitrogen and oxygen atoms in total. The lowest BCUT2D eigenvalue weighted by molar-refractivity contribution is -0.119. The third kappa shape index (κ3) is 4.48. The van der Waals surface area contributed by atoms with Crippen molar-refractivity contribution in [1.82, 2.24) is 15.3 Å². The third-order valence-corrected chi connectivity index (χ3v) is 5.90. The summed E-state index contributed by atoms with van der Waals surface area (Å²) in [6.07, 6.45) is 2.20. The van der Waals surface area contributed by atoms with Crippen molar-refractivity contribution in [2.45, 2.75) is 13.0 Å². The zero-order chi connectivity index (χ0) is 21.1. The maximum Gasteiger partial charge on any atom is 0.414 e. The number of aromatic nitrogens is 2. The predicted molar refractivity (Wildman–Crippen MR) is 113 cm³/mol. The van der Waals surface area contributed by atoms with Gasteiger partial charge in [0.25, 0.3) is 0 Å². The Hall–Kier alpha value is -2.88. The molecule has 0 radical (unpaired) electrons. The number of thioether (sulfide) groups is 1. The largest absolute Gasteiger partial charge is 0.442 e. The minimum Gasteiger partial charge on any atom is -0.442 e. The first-order valence-electron chi connectivity index (χ1n) is 9.68. The third-order valence-electron chi connectivity index (χ3n) is 4.96. The van der Waals surface area contributed by atoms with Crippen LogP contribution in [0.4, 0.5) is 20.8 Å². The Kier molecular flexibility index (Phi) is 6.03. The molecule has 2 fully saturated rings. The van der Waals surface area contributed by atoms with E-state index in [1.807, 2.05) is 11.8 Å². The standard InChI is InChI=1S/C20H22FN5O3S/c1-13(27)22-11-16-12-26(20(28)29-16)15-2-3-17(18(21)8-15)14-9-23-19(24-10-14)25-4-6-30-7-5-25/h2-3,8-10,16H,4-7,11-12H2,1H3,(H,22,27). The fourth-order valence-corrected chi connectivity index (χ4v) is 4.29. The molecule has 0 bridgehead atoms. The summed E-state index contributed by atoms with van der Waals surface area (Å²) in [5.74, 6) is 2.07. The first-order chi connectivity index (χ1) is 14.5. The van der Waals surface area contributed by atoms with Crippen molar-refractivity contribution in [3.63, 3.8) is 0 Å². The maximum absolute atomic E-state index is 14.8. The Morgan fingerprint density at radius 1 is 1.30 bits per heavy atom. The van der Waals surface area contributed by atoms with Gasteiger partial charge in [0.2, 0.25) is 11.9 Å². The van der Waals surface area contributed by atoms with E-state index >= 15 is 0 Å². The fraction of sp³-hybridized carbons (Fsp3) is 0.400. The summed E-state index contributed by atoms with van der Waals surface area (Å²) in [6, 6.07) is 4.57. The number of hydrogen-bond acceptors (Lipinski definition) is 7. The fourth-order valence-electron chi connectivity index (χ4n) is 3.39. The summed E-state index contributed by atoms with van der Waals surface area (Å²) in [4.78, 5) is 35.4. The molecule has 0 aliphatic carbocycles. The van der Waals surface area contributed by atoms with E-state index in [1.165, 1.54) is 17.9 Å². The number of amides is 2. The van der Waals surface area contributed by atoms with Gasteiger partial charge in [0, 0.05) is 55.0 Å². The molecule has 1 N–H and O–H groups in total. The van der Waals surface area contributed by atoms with Crippen LogP contribution in [0.3, 0.4) is 0 Å². The van der Waals surface area contributed by atoms with Crippen LogP contribution in [0.5, 0.6) is 0 Å². The van der Waals surface area contributed by atoms with Crippen LogP contribution in [0.15, 0.2) is 30.6 Å². The number of nitrogens with zero attached hydrogens (tertiary/aromatic N) is 4. The maximum atomic E-state index is 14.8. The summed E-state index contributed by atoms with van der Waals surface area (Å²) in [5, 5.41) is 2.61. The van der Waals surface area contributed by atoms with E-state index in [0.29, 0.717) is 22.8 Å². The van der Waals surface area contributed by atoms with Gasteiger partial charge in [0.1, 0.15) is 11.9 Å². The highest BCUT2D eigenvalue weighted by Crippen LogP contribution is 2.29. The monoisotopic (exact) mass is 431 g/mol. The number of halogens is 1. The Morgan fingerprint density at radius 2 is 2.03 bits per heavy atom. The van der Waals surface area contributed by atoms with Crippen LogP contribution >= 0.6 is 11.8 Å². The van der Waals surface area contributed by atoms with Crippen molar-refractivity contribution >= 4 is 35.4 Å². The van der Waals surface area contributed by atoms with Crippen molar-refractivity contribution in [3.8, 4) is 11.1 Å². The number of rotatable bonds is 5. The van der Waals surface area contributed by atoms with Gasteiger partial charge in [-0.1, -0.05) is 0 Å². The summed E-state index contributed by atoms with van der Waals surface area (Å²) in [7, 11) is 0. The number of hydrogen-bond donors (Lipinski definition) is 1. The van der Waals surface area contributed by atoms with E-state index in [-0.39, 0.29) is 19.0 Å². The highest BCUT2D eigenvalue weighted by Gasteiger charge is 2.32. The average Bonchev–Trinajstić information content (AvgIpc) is 3.13. The Morgan fingerprint density at radius 3 is 2.70 bits per heavy atom. The first-order valence-corrected chi connectivity index (χ1v) is 10.8. The predicted octanol–water partition coefficient (Wildman–Crippen LogP) is 2.30. The topological polar surface area (TPSA) is 87.7 Å². The highest BCUT2D eigenvalue weighted by atomic mass is 32.2. The Bertz CT molecular complexity index is 937. The van der Waals surface area contributed by atoms with Gasteiger partial charge in [-0.25, -0.2) is 19.2 Å². The number of ether oxygens (including phenoxy) is 1. The van der Waals surface area contributed by atoms with Crippen molar-refractivity contribution in [2.24, 2.45) is 0 Å². The lowest BCUT2D eigenvalue weighted by Gasteiger charge is -2.26. The van der Waals surface area contributed by atoms with Crippen LogP contribution < -0.4 is 15.1 Å². The van der Waals surface area contributed by atoms with Crippen LogP contribution in [-0.4, -0.2) is 65.8 Å². The second kappa shape index (κ2) is 8.86. The van der Waals surface area contributed by atoms with E-state index in [4.69, 9.17) is 4.74 Å². The lowest BCUT2D eigenvalue weighted by Crippen LogP contribution is -2.33. The Labute approximate surface area is 177 Å². The molecule has 2 aliphatic rings. The molecule has 3 heterocycles. The van der Waals surface area contributed by atoms with E-state index < -0.39 is 18.0 Å². The van der Waals surface area contributed by atoms with Gasteiger partial charge in [-0.15, -0.1) is 0 Å². The summed E-state index contributed by atoms with van der Waals surface area (Å²) in [5.41, 5.74) is 1.33. The second-order valence-corrected chi connectivity index (χ2v) is 8.31. The summed E-state index contributed by atoms with van der Waals surface area (Å²) < 4.78 is 20.0. The smallest absolute Gasteiger partial charge is 0.414 e. The molecule has 2 aliphatic heterocycles. The normalized spacial score (nSPS) is 19.0. The highest BCUT2D eigenvalue weighted by molar-refractivity contribution is 7.99. The van der Waals surface area contributed by atoms with E-state index in [9.17, 15) is 14.0 Å². The number of benzene rings is 1. The first kappa shape index (κ1) is 20.4. The number of carbonyl (C=O) groups excluding carboxylic acids is 2. The van der Waals surface area contributed by atoms with Gasteiger partial charge in [-0.2, -0.15) is 11.8 Å². The van der Waals surface area contributed by atoms with Gasteiger partial charge >= 0.3 is 6.09 Å². The molecular formula is C20H22FN5O3S. The quantitative estimate of drug-likeness (QED) is 0.777. The van der Waals surface area contributed by atoms with Crippen LogP contribution in [0.2, 0.25) is 0 Å². The van der Waals surface area contributed by atoms with E-state index in [0.717, 1.165) is 24.6 Å². The molecule has 1 unspecified atom stereocenters. The average molecular weight is 431 g/mol. The summed E-state index contributed by atoms with van der Waals surface area (Å²) in [6.45, 7) is 3.66. The van der Waals surface area contributed by atoms with Crippen molar-refractivity contribution in [2.75, 3.05) is 47.5 Å². The molecule has 158 valence electrons. The zero-order valence-corrected chi connectivity index (χ0v) is 17.3.